The van der Waals surface area contributed by atoms with Crippen LogP contribution in [0.1, 0.15) is 12.0 Å². The van der Waals surface area contributed by atoms with Gasteiger partial charge in [-0.05, 0) is 30.2 Å². The van der Waals surface area contributed by atoms with Crippen molar-refractivity contribution in [3.63, 3.8) is 0 Å². The molecule has 0 saturated carbocycles. The molecule has 2 aromatic heterocycles. The van der Waals surface area contributed by atoms with Gasteiger partial charge >= 0.3 is 5.97 Å². The highest BCUT2D eigenvalue weighted by Gasteiger charge is 2.14. The van der Waals surface area contributed by atoms with Gasteiger partial charge in [-0.2, -0.15) is 4.98 Å². The van der Waals surface area contributed by atoms with Gasteiger partial charge < -0.3 is 29.2 Å². The van der Waals surface area contributed by atoms with Gasteiger partial charge in [0.15, 0.2) is 11.5 Å². The van der Waals surface area contributed by atoms with Crippen LogP contribution in [0.3, 0.4) is 0 Å². The lowest BCUT2D eigenvalue weighted by Gasteiger charge is -2.14. The van der Waals surface area contributed by atoms with Crippen molar-refractivity contribution in [2.75, 3.05) is 26.6 Å². The van der Waals surface area contributed by atoms with Crippen LogP contribution >= 0.6 is 0 Å². The molecule has 0 fully saturated rings. The molecule has 0 bridgehead atoms. The van der Waals surface area contributed by atoms with Crippen LogP contribution in [-0.2, 0) is 11.2 Å². The molecule has 2 aromatic carbocycles. The maximum atomic E-state index is 10.9. The summed E-state index contributed by atoms with van der Waals surface area (Å²) in [6.45, 7) is 0. The van der Waals surface area contributed by atoms with Crippen molar-refractivity contribution in [2.45, 2.75) is 12.8 Å². The van der Waals surface area contributed by atoms with Crippen LogP contribution in [0.15, 0.2) is 54.9 Å². The zero-order chi connectivity index (χ0) is 23.4. The Morgan fingerprint density at radius 2 is 1.82 bits per heavy atom. The molecule has 2 heterocycles. The molecule has 0 aliphatic carbocycles. The first kappa shape index (κ1) is 21.9. The first-order chi connectivity index (χ1) is 16.0. The molecular formula is C24H24N4O5. The molecule has 0 unspecified atom stereocenters. The van der Waals surface area contributed by atoms with Crippen molar-refractivity contribution >= 4 is 28.6 Å². The van der Waals surface area contributed by atoms with Crippen LogP contribution in [0.25, 0.3) is 16.7 Å². The van der Waals surface area contributed by atoms with E-state index in [-0.39, 0.29) is 6.42 Å². The predicted molar refractivity (Wildman–Crippen MR) is 124 cm³/mol. The maximum Gasteiger partial charge on any atom is 0.303 e. The Balaban J connectivity index is 1.67. The Hall–Kier alpha value is -4.27. The van der Waals surface area contributed by atoms with Crippen molar-refractivity contribution in [2.24, 2.45) is 0 Å². The number of aromatic nitrogens is 3. The van der Waals surface area contributed by atoms with E-state index in [1.54, 1.807) is 39.7 Å². The lowest BCUT2D eigenvalue weighted by Crippen LogP contribution is -2.02. The number of benzene rings is 2. The lowest BCUT2D eigenvalue weighted by atomic mass is 10.1. The van der Waals surface area contributed by atoms with Crippen molar-refractivity contribution in [1.29, 1.82) is 0 Å². The van der Waals surface area contributed by atoms with E-state index in [2.05, 4.69) is 10.3 Å². The number of aliphatic carboxylic acids is 1. The fourth-order valence-corrected chi connectivity index (χ4v) is 3.58. The third-order valence-corrected chi connectivity index (χ3v) is 5.16. The van der Waals surface area contributed by atoms with E-state index in [1.807, 2.05) is 41.1 Å². The van der Waals surface area contributed by atoms with E-state index in [4.69, 9.17) is 24.3 Å². The van der Waals surface area contributed by atoms with Gasteiger partial charge in [0.25, 0.3) is 0 Å². The molecule has 4 aromatic rings. The quantitative estimate of drug-likeness (QED) is 0.392. The number of nitrogens with one attached hydrogen (secondary N) is 1. The van der Waals surface area contributed by atoms with Crippen LogP contribution in [-0.4, -0.2) is 46.9 Å². The Bertz CT molecular complexity index is 1280. The zero-order valence-electron chi connectivity index (χ0n) is 18.5. The highest BCUT2D eigenvalue weighted by atomic mass is 16.5. The summed E-state index contributed by atoms with van der Waals surface area (Å²) < 4.78 is 18.1. The molecule has 0 aliphatic rings. The van der Waals surface area contributed by atoms with Crippen molar-refractivity contribution in [3.8, 4) is 22.9 Å². The van der Waals surface area contributed by atoms with E-state index in [9.17, 15) is 4.79 Å². The molecule has 0 aliphatic heterocycles. The van der Waals surface area contributed by atoms with Crippen LogP contribution in [0.2, 0.25) is 0 Å². The number of carboxylic acids is 1. The Labute approximate surface area is 190 Å². The van der Waals surface area contributed by atoms with Crippen molar-refractivity contribution < 1.29 is 24.1 Å². The first-order valence-corrected chi connectivity index (χ1v) is 10.2. The average Bonchev–Trinajstić information content (AvgIpc) is 3.25. The third kappa shape index (κ3) is 4.67. The van der Waals surface area contributed by atoms with E-state index in [0.717, 1.165) is 22.3 Å². The molecule has 4 rings (SSSR count). The molecule has 33 heavy (non-hydrogen) atoms. The number of anilines is 2. The minimum absolute atomic E-state index is 0.0842. The lowest BCUT2D eigenvalue weighted by molar-refractivity contribution is -0.136. The number of aryl methyl sites for hydroxylation is 1. The SMILES string of the molecule is COc1cc(Nc2ncc3ccn(-c4cccc(CCC(=O)O)c4)c3n2)cc(OC)c1OC. The smallest absolute Gasteiger partial charge is 0.303 e. The highest BCUT2D eigenvalue weighted by Crippen LogP contribution is 2.40. The largest absolute Gasteiger partial charge is 0.493 e. The van der Waals surface area contributed by atoms with E-state index >= 15 is 0 Å². The van der Waals surface area contributed by atoms with Crippen LogP contribution < -0.4 is 19.5 Å². The Morgan fingerprint density at radius 1 is 1.06 bits per heavy atom. The number of carbonyl (C=O) groups is 1. The van der Waals surface area contributed by atoms with Crippen LogP contribution in [0.5, 0.6) is 17.2 Å². The summed E-state index contributed by atoms with van der Waals surface area (Å²) in [6.07, 6.45) is 4.21. The fourth-order valence-electron chi connectivity index (χ4n) is 3.58. The molecule has 0 amide bonds. The van der Waals surface area contributed by atoms with Gasteiger partial charge in [0.2, 0.25) is 11.7 Å². The normalized spacial score (nSPS) is 10.8. The number of nitrogens with zero attached hydrogens (tertiary/aromatic N) is 3. The van der Waals surface area contributed by atoms with Gasteiger partial charge in [-0.3, -0.25) is 4.79 Å². The van der Waals surface area contributed by atoms with Gasteiger partial charge in [-0.25, -0.2) is 4.98 Å². The second-order valence-corrected chi connectivity index (χ2v) is 7.26. The molecule has 0 saturated heterocycles. The zero-order valence-corrected chi connectivity index (χ0v) is 18.5. The van der Waals surface area contributed by atoms with E-state index in [1.165, 1.54) is 0 Å². The molecule has 9 heteroatoms. The number of methoxy groups -OCH3 is 3. The van der Waals surface area contributed by atoms with Gasteiger partial charge in [-0.1, -0.05) is 12.1 Å². The van der Waals surface area contributed by atoms with Crippen LogP contribution in [0, 0.1) is 0 Å². The second-order valence-electron chi connectivity index (χ2n) is 7.26. The molecule has 170 valence electrons. The summed E-state index contributed by atoms with van der Waals surface area (Å²) in [5.74, 6) is 1.11. The van der Waals surface area contributed by atoms with Crippen molar-refractivity contribution in [3.05, 3.63) is 60.4 Å². The van der Waals surface area contributed by atoms with E-state index < -0.39 is 5.97 Å². The minimum atomic E-state index is -0.818. The molecule has 2 N–H and O–H groups in total. The van der Waals surface area contributed by atoms with Gasteiger partial charge in [-0.15, -0.1) is 0 Å². The monoisotopic (exact) mass is 448 g/mol. The Morgan fingerprint density at radius 3 is 2.48 bits per heavy atom. The number of fused-ring (bicyclic) bond motifs is 1. The van der Waals surface area contributed by atoms with Crippen LogP contribution in [0.4, 0.5) is 11.6 Å². The fraction of sp³-hybridized carbons (Fsp3) is 0.208. The number of hydrogen-bond acceptors (Lipinski definition) is 7. The van der Waals surface area contributed by atoms with Crippen molar-refractivity contribution in [1.82, 2.24) is 14.5 Å². The second kappa shape index (κ2) is 9.47. The minimum Gasteiger partial charge on any atom is -0.493 e. The summed E-state index contributed by atoms with van der Waals surface area (Å²) in [5.41, 5.74) is 3.24. The summed E-state index contributed by atoms with van der Waals surface area (Å²) in [6, 6.07) is 13.2. The summed E-state index contributed by atoms with van der Waals surface area (Å²) >= 11 is 0. The standard InChI is InChI=1S/C24H24N4O5/c1-31-19-12-17(13-20(32-2)22(19)33-3)26-24-25-14-16-9-10-28(23(16)27-24)18-6-4-5-15(11-18)7-8-21(29)30/h4-6,9-14H,7-8H2,1-3H3,(H,29,30)(H,25,26,27). The highest BCUT2D eigenvalue weighted by molar-refractivity contribution is 5.79. The maximum absolute atomic E-state index is 10.9. The number of hydrogen-bond donors (Lipinski definition) is 2. The van der Waals surface area contributed by atoms with E-state index in [0.29, 0.717) is 35.3 Å². The summed E-state index contributed by atoms with van der Waals surface area (Å²) in [4.78, 5) is 20.0. The topological polar surface area (TPSA) is 108 Å². The Kier molecular flexibility index (Phi) is 6.30. The molecule has 0 atom stereocenters. The summed E-state index contributed by atoms with van der Waals surface area (Å²) in [5, 5.41) is 13.0. The predicted octanol–water partition coefficient (Wildman–Crippen LogP) is 4.21. The number of ether oxygens (including phenoxy) is 3. The third-order valence-electron chi connectivity index (χ3n) is 5.16. The summed E-state index contributed by atoms with van der Waals surface area (Å²) in [7, 11) is 4.66. The molecule has 0 spiro atoms. The van der Waals surface area contributed by atoms with Gasteiger partial charge in [0.1, 0.15) is 5.65 Å². The number of carboxylic acid groups (broad SMARTS) is 1. The molecular weight excluding hydrogens is 424 g/mol. The van der Waals surface area contributed by atoms with Gasteiger partial charge in [0, 0.05) is 47.7 Å². The van der Waals surface area contributed by atoms with Gasteiger partial charge in [0.05, 0.1) is 21.3 Å². The molecule has 9 nitrogen and oxygen atoms in total. The first-order valence-electron chi connectivity index (χ1n) is 10.2. The average molecular weight is 448 g/mol. The number of rotatable bonds is 9. The molecule has 0 radical (unpaired) electrons.